The molecule has 0 aliphatic heterocycles. The molecule has 0 N–H and O–H groups in total. The Bertz CT molecular complexity index is 989. The summed E-state index contributed by atoms with van der Waals surface area (Å²) in [6, 6.07) is 36.7. The normalized spacial score (nSPS) is 11.1. The molecule has 0 amide bonds. The van der Waals surface area contributed by atoms with Crippen molar-refractivity contribution in [1.82, 2.24) is 0 Å². The Labute approximate surface area is 173 Å². The molecule has 4 aromatic rings. The standard InChI is InChI=1S/C26H24O2Si/c1-21-13-9-11-19-25(21)29(26-20-12-10-14-22(26)2,27-23-15-5-3-6-16-23)28-24-17-7-4-8-18-24/h3-20H,1-2H3. The van der Waals surface area contributed by atoms with E-state index in [-0.39, 0.29) is 0 Å². The lowest BCUT2D eigenvalue weighted by Crippen LogP contribution is -2.69. The van der Waals surface area contributed by atoms with Gasteiger partial charge in [0.25, 0.3) is 0 Å². The summed E-state index contributed by atoms with van der Waals surface area (Å²) in [5.74, 6) is 1.61. The van der Waals surface area contributed by atoms with Gasteiger partial charge in [0.15, 0.2) is 0 Å². The van der Waals surface area contributed by atoms with Gasteiger partial charge in [0.1, 0.15) is 11.5 Å². The molecule has 0 saturated heterocycles. The second-order valence-corrected chi connectivity index (χ2v) is 9.80. The highest BCUT2D eigenvalue weighted by Crippen LogP contribution is 2.22. The molecule has 0 aromatic heterocycles. The highest BCUT2D eigenvalue weighted by atomic mass is 28.4. The van der Waals surface area contributed by atoms with Crippen molar-refractivity contribution in [2.45, 2.75) is 13.8 Å². The number of para-hydroxylation sites is 2. The summed E-state index contributed by atoms with van der Waals surface area (Å²) < 4.78 is 13.7. The number of hydrogen-bond donors (Lipinski definition) is 0. The first kappa shape index (κ1) is 19.0. The molecule has 0 aliphatic carbocycles. The Hall–Kier alpha value is -3.30. The Morgan fingerprint density at radius 2 is 0.793 bits per heavy atom. The van der Waals surface area contributed by atoms with E-state index < -0.39 is 8.56 Å². The molecule has 2 nitrogen and oxygen atoms in total. The van der Waals surface area contributed by atoms with Crippen molar-refractivity contribution >= 4 is 18.9 Å². The van der Waals surface area contributed by atoms with Gasteiger partial charge in [-0.15, -0.1) is 0 Å². The van der Waals surface area contributed by atoms with Crippen LogP contribution >= 0.6 is 0 Å². The van der Waals surface area contributed by atoms with Crippen LogP contribution in [0.2, 0.25) is 0 Å². The van der Waals surface area contributed by atoms with Crippen molar-refractivity contribution in [2.24, 2.45) is 0 Å². The summed E-state index contributed by atoms with van der Waals surface area (Å²) in [7, 11) is -3.12. The van der Waals surface area contributed by atoms with Gasteiger partial charge in [-0.25, -0.2) is 0 Å². The molecule has 3 heteroatoms. The second kappa shape index (κ2) is 8.37. The van der Waals surface area contributed by atoms with E-state index in [9.17, 15) is 0 Å². The van der Waals surface area contributed by atoms with Crippen LogP contribution in [0.5, 0.6) is 11.5 Å². The maximum absolute atomic E-state index is 6.86. The minimum absolute atomic E-state index is 0.807. The fourth-order valence-corrected chi connectivity index (χ4v) is 7.12. The summed E-state index contributed by atoms with van der Waals surface area (Å²) in [4.78, 5) is 0. The molecule has 0 heterocycles. The van der Waals surface area contributed by atoms with E-state index in [2.05, 4.69) is 62.4 Å². The predicted molar refractivity (Wildman–Crippen MR) is 122 cm³/mol. The number of benzene rings is 4. The maximum Gasteiger partial charge on any atom is 0.531 e. The van der Waals surface area contributed by atoms with Gasteiger partial charge in [0.2, 0.25) is 0 Å². The first-order valence-corrected chi connectivity index (χ1v) is 11.6. The number of hydrogen-bond acceptors (Lipinski definition) is 2. The van der Waals surface area contributed by atoms with Crippen LogP contribution < -0.4 is 19.2 Å². The fraction of sp³-hybridized carbons (Fsp3) is 0.0769. The molecular weight excluding hydrogens is 372 g/mol. The molecule has 29 heavy (non-hydrogen) atoms. The van der Waals surface area contributed by atoms with Gasteiger partial charge in [-0.2, -0.15) is 0 Å². The third-order valence-corrected chi connectivity index (χ3v) is 8.60. The Kier molecular flexibility index (Phi) is 5.50. The van der Waals surface area contributed by atoms with Crippen LogP contribution in [0, 0.1) is 13.8 Å². The van der Waals surface area contributed by atoms with E-state index in [0.717, 1.165) is 33.0 Å². The lowest BCUT2D eigenvalue weighted by Gasteiger charge is -2.34. The molecular formula is C26H24O2Si. The van der Waals surface area contributed by atoms with Crippen molar-refractivity contribution in [3.63, 3.8) is 0 Å². The van der Waals surface area contributed by atoms with Crippen molar-refractivity contribution in [3.05, 3.63) is 120 Å². The van der Waals surface area contributed by atoms with Gasteiger partial charge in [0, 0.05) is 10.4 Å². The van der Waals surface area contributed by atoms with Crippen LogP contribution in [0.1, 0.15) is 11.1 Å². The second-order valence-electron chi connectivity index (χ2n) is 7.08. The maximum atomic E-state index is 6.86. The Morgan fingerprint density at radius 1 is 0.448 bits per heavy atom. The van der Waals surface area contributed by atoms with Crippen LogP contribution in [-0.4, -0.2) is 8.56 Å². The van der Waals surface area contributed by atoms with Crippen molar-refractivity contribution in [2.75, 3.05) is 0 Å². The highest BCUT2D eigenvalue weighted by Gasteiger charge is 2.49. The first-order valence-electron chi connectivity index (χ1n) is 9.79. The highest BCUT2D eigenvalue weighted by molar-refractivity contribution is 6.94. The summed E-state index contributed by atoms with van der Waals surface area (Å²) >= 11 is 0. The van der Waals surface area contributed by atoms with Gasteiger partial charge in [-0.3, -0.25) is 0 Å². The third kappa shape index (κ3) is 3.96. The smallest absolute Gasteiger partial charge is 0.506 e. The topological polar surface area (TPSA) is 18.5 Å². The van der Waals surface area contributed by atoms with Crippen LogP contribution in [0.15, 0.2) is 109 Å². The molecule has 0 radical (unpaired) electrons. The predicted octanol–water partition coefficient (Wildman–Crippen LogP) is 5.02. The minimum Gasteiger partial charge on any atom is -0.506 e. The van der Waals surface area contributed by atoms with Crippen molar-refractivity contribution in [3.8, 4) is 11.5 Å². The molecule has 144 valence electrons. The quantitative estimate of drug-likeness (QED) is 0.426. The lowest BCUT2D eigenvalue weighted by molar-refractivity contribution is 0.417. The number of aryl methyl sites for hydroxylation is 2. The molecule has 0 spiro atoms. The molecule has 0 aliphatic rings. The first-order chi connectivity index (χ1) is 14.2. The molecule has 4 aromatic carbocycles. The van der Waals surface area contributed by atoms with Gasteiger partial charge in [-0.1, -0.05) is 84.9 Å². The summed E-state index contributed by atoms with van der Waals surface area (Å²) in [5, 5.41) is 2.23. The third-order valence-electron chi connectivity index (χ3n) is 5.01. The lowest BCUT2D eigenvalue weighted by atomic mass is 10.2. The Balaban J connectivity index is 1.98. The van der Waals surface area contributed by atoms with E-state index in [1.54, 1.807) is 0 Å². The van der Waals surface area contributed by atoms with Gasteiger partial charge in [0.05, 0.1) is 0 Å². The van der Waals surface area contributed by atoms with E-state index in [4.69, 9.17) is 8.85 Å². The zero-order valence-corrected chi connectivity index (χ0v) is 17.7. The van der Waals surface area contributed by atoms with E-state index in [1.165, 1.54) is 0 Å². The SMILES string of the molecule is Cc1ccccc1[Si](Oc1ccccc1)(Oc1ccccc1)c1ccccc1C. The molecule has 4 rings (SSSR count). The van der Waals surface area contributed by atoms with Crippen LogP contribution in [0.4, 0.5) is 0 Å². The van der Waals surface area contributed by atoms with Gasteiger partial charge >= 0.3 is 8.56 Å². The minimum atomic E-state index is -3.12. The average Bonchev–Trinajstić information content (AvgIpc) is 2.75. The number of rotatable bonds is 6. The van der Waals surface area contributed by atoms with Crippen LogP contribution in [0.3, 0.4) is 0 Å². The average molecular weight is 397 g/mol. The van der Waals surface area contributed by atoms with E-state index in [0.29, 0.717) is 0 Å². The van der Waals surface area contributed by atoms with Crippen LogP contribution in [-0.2, 0) is 0 Å². The monoisotopic (exact) mass is 396 g/mol. The van der Waals surface area contributed by atoms with Gasteiger partial charge in [-0.05, 0) is 49.2 Å². The summed E-state index contributed by atoms with van der Waals surface area (Å²) in [6.07, 6.45) is 0. The largest absolute Gasteiger partial charge is 0.531 e. The zero-order valence-electron chi connectivity index (χ0n) is 16.7. The molecule has 0 bridgehead atoms. The molecule has 0 saturated carbocycles. The molecule has 0 atom stereocenters. The van der Waals surface area contributed by atoms with Gasteiger partial charge < -0.3 is 8.85 Å². The van der Waals surface area contributed by atoms with Crippen LogP contribution in [0.25, 0.3) is 0 Å². The van der Waals surface area contributed by atoms with E-state index >= 15 is 0 Å². The molecule has 0 unspecified atom stereocenters. The van der Waals surface area contributed by atoms with E-state index in [1.807, 2.05) is 60.7 Å². The molecule has 0 fully saturated rings. The Morgan fingerprint density at radius 3 is 1.17 bits per heavy atom. The summed E-state index contributed by atoms with van der Waals surface area (Å²) in [5.41, 5.74) is 2.32. The summed E-state index contributed by atoms with van der Waals surface area (Å²) in [6.45, 7) is 4.25. The fourth-order valence-electron chi connectivity index (χ4n) is 3.58. The zero-order chi connectivity index (χ0) is 20.1. The van der Waals surface area contributed by atoms with Crippen molar-refractivity contribution in [1.29, 1.82) is 0 Å². The van der Waals surface area contributed by atoms with Crippen molar-refractivity contribution < 1.29 is 8.85 Å².